The molecule has 0 saturated carbocycles. The molecule has 1 saturated heterocycles. The summed E-state index contributed by atoms with van der Waals surface area (Å²) >= 11 is 0. The Kier molecular flexibility index (Phi) is 3.47. The van der Waals surface area contributed by atoms with Crippen LogP contribution in [0.15, 0.2) is 23.2 Å². The molecule has 1 aromatic carbocycles. The van der Waals surface area contributed by atoms with E-state index < -0.39 is 0 Å². The number of nitrogens with zero attached hydrogens (tertiary/aromatic N) is 2. The summed E-state index contributed by atoms with van der Waals surface area (Å²) in [4.78, 5) is 7.35. The lowest BCUT2D eigenvalue weighted by Crippen LogP contribution is -2.47. The molecule has 4 nitrogen and oxygen atoms in total. The van der Waals surface area contributed by atoms with Gasteiger partial charge in [0.05, 0.1) is 11.4 Å². The molecule has 1 unspecified atom stereocenters. The SMILES string of the molecule is Bc1ccc2c(c1)N=C(N1CCNCC1)CC(C)N2. The Balaban J connectivity index is 1.94. The number of rotatable bonds is 0. The fourth-order valence-electron chi connectivity index (χ4n) is 2.75. The highest BCUT2D eigenvalue weighted by Crippen LogP contribution is 2.28. The molecule has 19 heavy (non-hydrogen) atoms. The second-order valence-electron chi connectivity index (χ2n) is 5.54. The van der Waals surface area contributed by atoms with Crippen LogP contribution in [-0.4, -0.2) is 50.8 Å². The summed E-state index contributed by atoms with van der Waals surface area (Å²) in [7, 11) is 2.12. The quantitative estimate of drug-likeness (QED) is 0.646. The van der Waals surface area contributed by atoms with Gasteiger partial charge >= 0.3 is 0 Å². The summed E-state index contributed by atoms with van der Waals surface area (Å²) in [5, 5.41) is 6.96. The first-order valence-corrected chi connectivity index (χ1v) is 7.13. The second-order valence-corrected chi connectivity index (χ2v) is 5.54. The minimum absolute atomic E-state index is 0.428. The van der Waals surface area contributed by atoms with Crippen LogP contribution in [0.25, 0.3) is 0 Å². The maximum atomic E-state index is 4.93. The van der Waals surface area contributed by atoms with Crippen molar-refractivity contribution in [1.29, 1.82) is 0 Å². The Morgan fingerprint density at radius 1 is 1.32 bits per heavy atom. The lowest BCUT2D eigenvalue weighted by molar-refractivity contribution is 0.350. The molecule has 2 aliphatic heterocycles. The maximum absolute atomic E-state index is 4.93. The zero-order valence-electron chi connectivity index (χ0n) is 11.7. The molecular weight excluding hydrogens is 235 g/mol. The normalized spacial score (nSPS) is 23.1. The molecule has 0 radical (unpaired) electrons. The number of benzene rings is 1. The monoisotopic (exact) mass is 256 g/mol. The lowest BCUT2D eigenvalue weighted by Gasteiger charge is -2.30. The van der Waals surface area contributed by atoms with E-state index in [0.717, 1.165) is 44.0 Å². The van der Waals surface area contributed by atoms with E-state index in [4.69, 9.17) is 4.99 Å². The summed E-state index contributed by atoms with van der Waals surface area (Å²) in [5.74, 6) is 1.23. The van der Waals surface area contributed by atoms with Crippen LogP contribution in [0.2, 0.25) is 0 Å². The molecule has 0 aromatic heterocycles. The van der Waals surface area contributed by atoms with Crippen LogP contribution in [0, 0.1) is 0 Å². The average Bonchev–Trinajstić information content (AvgIpc) is 2.58. The Bertz CT molecular complexity index is 494. The summed E-state index contributed by atoms with van der Waals surface area (Å²) in [5.41, 5.74) is 3.50. The Morgan fingerprint density at radius 3 is 2.89 bits per heavy atom. The van der Waals surface area contributed by atoms with E-state index in [1.807, 2.05) is 0 Å². The van der Waals surface area contributed by atoms with Crippen LogP contribution in [0.3, 0.4) is 0 Å². The van der Waals surface area contributed by atoms with Crippen LogP contribution in [0.1, 0.15) is 13.3 Å². The molecule has 0 spiro atoms. The van der Waals surface area contributed by atoms with E-state index in [2.05, 4.69) is 48.5 Å². The molecule has 3 rings (SSSR count). The molecule has 1 aromatic rings. The van der Waals surface area contributed by atoms with Crippen molar-refractivity contribution >= 4 is 30.5 Å². The van der Waals surface area contributed by atoms with Crippen molar-refractivity contribution in [3.63, 3.8) is 0 Å². The third-order valence-electron chi connectivity index (χ3n) is 3.78. The summed E-state index contributed by atoms with van der Waals surface area (Å²) in [6.07, 6.45) is 0.994. The topological polar surface area (TPSA) is 39.7 Å². The number of hydrogen-bond acceptors (Lipinski definition) is 4. The van der Waals surface area contributed by atoms with Gasteiger partial charge in [-0.05, 0) is 19.1 Å². The highest BCUT2D eigenvalue weighted by atomic mass is 15.2. The van der Waals surface area contributed by atoms with E-state index >= 15 is 0 Å². The predicted octanol–water partition coefficient (Wildman–Crippen LogP) is 0.0843. The molecule has 1 fully saturated rings. The van der Waals surface area contributed by atoms with E-state index in [1.54, 1.807) is 0 Å². The molecule has 0 bridgehead atoms. The minimum Gasteiger partial charge on any atom is -0.380 e. The molecule has 2 N–H and O–H groups in total. The lowest BCUT2D eigenvalue weighted by atomic mass is 9.95. The summed E-state index contributed by atoms with van der Waals surface area (Å²) in [6.45, 7) is 6.47. The smallest absolute Gasteiger partial charge is 0.139 e. The molecule has 100 valence electrons. The number of amidine groups is 1. The van der Waals surface area contributed by atoms with Crippen molar-refractivity contribution in [3.05, 3.63) is 18.2 Å². The average molecular weight is 256 g/mol. The number of piperazine rings is 1. The van der Waals surface area contributed by atoms with Gasteiger partial charge in [0.25, 0.3) is 0 Å². The van der Waals surface area contributed by atoms with E-state index in [0.29, 0.717) is 6.04 Å². The van der Waals surface area contributed by atoms with Crippen molar-refractivity contribution in [2.75, 3.05) is 31.5 Å². The molecule has 5 heteroatoms. The molecule has 0 aliphatic carbocycles. The third-order valence-corrected chi connectivity index (χ3v) is 3.78. The number of anilines is 1. The number of aliphatic imine (C=N–C) groups is 1. The number of hydrogen-bond donors (Lipinski definition) is 2. The Labute approximate surface area is 115 Å². The van der Waals surface area contributed by atoms with Gasteiger partial charge in [0.1, 0.15) is 13.7 Å². The van der Waals surface area contributed by atoms with E-state index in [1.165, 1.54) is 11.3 Å². The van der Waals surface area contributed by atoms with E-state index in [9.17, 15) is 0 Å². The van der Waals surface area contributed by atoms with Crippen molar-refractivity contribution < 1.29 is 0 Å². The van der Waals surface area contributed by atoms with Gasteiger partial charge in [-0.3, -0.25) is 0 Å². The standard InChI is InChI=1S/C14H21BN4/c1-10-8-14(19-6-4-16-5-7-19)18-13-9-11(15)2-3-12(13)17-10/h2-3,9-10,16-17H,4-8,15H2,1H3. The van der Waals surface area contributed by atoms with Gasteiger partial charge in [0.2, 0.25) is 0 Å². The van der Waals surface area contributed by atoms with Crippen molar-refractivity contribution in [2.45, 2.75) is 19.4 Å². The molecule has 2 aliphatic rings. The van der Waals surface area contributed by atoms with Crippen molar-refractivity contribution in [3.8, 4) is 0 Å². The second kappa shape index (κ2) is 5.25. The zero-order valence-corrected chi connectivity index (χ0v) is 11.7. The first kappa shape index (κ1) is 12.5. The van der Waals surface area contributed by atoms with Gasteiger partial charge in [-0.25, -0.2) is 4.99 Å². The fraction of sp³-hybridized carbons (Fsp3) is 0.500. The van der Waals surface area contributed by atoms with Gasteiger partial charge in [-0.15, -0.1) is 0 Å². The maximum Gasteiger partial charge on any atom is 0.139 e. The van der Waals surface area contributed by atoms with Crippen molar-refractivity contribution in [1.82, 2.24) is 10.2 Å². The van der Waals surface area contributed by atoms with Gasteiger partial charge in [-0.2, -0.15) is 0 Å². The van der Waals surface area contributed by atoms with Crippen LogP contribution in [0.5, 0.6) is 0 Å². The Morgan fingerprint density at radius 2 is 2.11 bits per heavy atom. The number of fused-ring (bicyclic) bond motifs is 1. The molecule has 2 heterocycles. The fourth-order valence-corrected chi connectivity index (χ4v) is 2.75. The minimum atomic E-state index is 0.428. The highest BCUT2D eigenvalue weighted by molar-refractivity contribution is 6.32. The van der Waals surface area contributed by atoms with Crippen LogP contribution >= 0.6 is 0 Å². The molecular formula is C14H21BN4. The highest BCUT2D eigenvalue weighted by Gasteiger charge is 2.20. The van der Waals surface area contributed by atoms with Crippen molar-refractivity contribution in [2.24, 2.45) is 4.99 Å². The van der Waals surface area contributed by atoms with Gasteiger partial charge < -0.3 is 15.5 Å². The van der Waals surface area contributed by atoms with Crippen LogP contribution < -0.4 is 16.1 Å². The summed E-state index contributed by atoms with van der Waals surface area (Å²) in [6, 6.07) is 6.88. The molecule has 0 amide bonds. The molecule has 1 atom stereocenters. The zero-order chi connectivity index (χ0) is 13.2. The van der Waals surface area contributed by atoms with Gasteiger partial charge in [0.15, 0.2) is 0 Å². The van der Waals surface area contributed by atoms with Gasteiger partial charge in [-0.1, -0.05) is 11.5 Å². The Hall–Kier alpha value is -1.49. The van der Waals surface area contributed by atoms with Crippen LogP contribution in [0.4, 0.5) is 11.4 Å². The first-order chi connectivity index (χ1) is 9.22. The van der Waals surface area contributed by atoms with E-state index in [-0.39, 0.29) is 0 Å². The van der Waals surface area contributed by atoms with Crippen LogP contribution in [-0.2, 0) is 0 Å². The van der Waals surface area contributed by atoms with Gasteiger partial charge in [0, 0.05) is 38.6 Å². The summed E-state index contributed by atoms with van der Waals surface area (Å²) < 4.78 is 0. The number of nitrogens with one attached hydrogen (secondary N) is 2. The largest absolute Gasteiger partial charge is 0.380 e. The predicted molar refractivity (Wildman–Crippen MR) is 83.9 cm³/mol. The third kappa shape index (κ3) is 2.76. The first-order valence-electron chi connectivity index (χ1n) is 7.13.